The molecule has 2 N–H and O–H groups in total. The lowest BCUT2D eigenvalue weighted by molar-refractivity contribution is 0.0683. The summed E-state index contributed by atoms with van der Waals surface area (Å²) in [5.41, 5.74) is -0.0263. The Hall–Kier alpha value is -1.34. The molecular formula is C14H24N2O4S. The Balaban J connectivity index is 3.15. The van der Waals surface area contributed by atoms with Crippen molar-refractivity contribution in [2.45, 2.75) is 58.0 Å². The van der Waals surface area contributed by atoms with E-state index in [0.717, 1.165) is 6.42 Å². The minimum Gasteiger partial charge on any atom is -0.477 e. The van der Waals surface area contributed by atoms with E-state index in [1.165, 1.54) is 16.8 Å². The zero-order valence-corrected chi connectivity index (χ0v) is 13.9. The van der Waals surface area contributed by atoms with E-state index < -0.39 is 16.0 Å². The molecule has 0 spiro atoms. The summed E-state index contributed by atoms with van der Waals surface area (Å²) in [5, 5.41) is 9.17. The predicted octanol–water partition coefficient (Wildman–Crippen LogP) is 2.48. The van der Waals surface area contributed by atoms with Crippen molar-refractivity contribution in [2.24, 2.45) is 5.92 Å². The number of carboxylic acid groups (broad SMARTS) is 1. The van der Waals surface area contributed by atoms with Gasteiger partial charge in [0.25, 0.3) is 0 Å². The van der Waals surface area contributed by atoms with Crippen molar-refractivity contribution in [3.05, 3.63) is 18.0 Å². The van der Waals surface area contributed by atoms with Crippen LogP contribution in [-0.2, 0) is 10.0 Å². The molecule has 0 saturated heterocycles. The van der Waals surface area contributed by atoms with E-state index in [1.54, 1.807) is 13.8 Å². The van der Waals surface area contributed by atoms with Crippen LogP contribution in [0.2, 0.25) is 0 Å². The van der Waals surface area contributed by atoms with Gasteiger partial charge in [0.15, 0.2) is 0 Å². The Labute approximate surface area is 126 Å². The fourth-order valence-corrected chi connectivity index (χ4v) is 3.36. The van der Waals surface area contributed by atoms with Crippen LogP contribution in [0.1, 0.15) is 57.6 Å². The number of hydrogen-bond acceptors (Lipinski definition) is 3. The van der Waals surface area contributed by atoms with Crippen LogP contribution < -0.4 is 4.72 Å². The van der Waals surface area contributed by atoms with Gasteiger partial charge in [-0.3, -0.25) is 0 Å². The highest BCUT2D eigenvalue weighted by Crippen LogP contribution is 2.20. The molecule has 0 fully saturated rings. The number of carbonyl (C=O) groups is 1. The van der Waals surface area contributed by atoms with Gasteiger partial charge in [0.05, 0.1) is 0 Å². The molecule has 2 unspecified atom stereocenters. The second-order valence-corrected chi connectivity index (χ2v) is 7.38. The maximum absolute atomic E-state index is 12.4. The molecular weight excluding hydrogens is 292 g/mol. The van der Waals surface area contributed by atoms with Crippen molar-refractivity contribution in [3.63, 3.8) is 0 Å². The summed E-state index contributed by atoms with van der Waals surface area (Å²) < 4.78 is 28.8. The molecule has 1 aromatic heterocycles. The third-order valence-electron chi connectivity index (χ3n) is 3.75. The number of rotatable bonds is 7. The number of nitrogens with one attached hydrogen (secondary N) is 1. The van der Waals surface area contributed by atoms with Crippen LogP contribution >= 0.6 is 0 Å². The topological polar surface area (TPSA) is 88.4 Å². The predicted molar refractivity (Wildman–Crippen MR) is 81.0 cm³/mol. The van der Waals surface area contributed by atoms with Gasteiger partial charge in [-0.25, -0.2) is 17.9 Å². The molecule has 0 radical (unpaired) electrons. The van der Waals surface area contributed by atoms with E-state index in [4.69, 9.17) is 5.11 Å². The fraction of sp³-hybridized carbons (Fsp3) is 0.643. The van der Waals surface area contributed by atoms with Gasteiger partial charge in [0.1, 0.15) is 10.6 Å². The summed E-state index contributed by atoms with van der Waals surface area (Å²) in [6.07, 6.45) is 2.23. The monoisotopic (exact) mass is 316 g/mol. The SMILES string of the molecule is CCC(C)C(C)NS(=O)(=O)c1cc(C(=O)O)n(C(C)C)c1. The molecule has 1 aromatic rings. The number of aromatic nitrogens is 1. The van der Waals surface area contributed by atoms with Crippen LogP contribution in [0.15, 0.2) is 17.2 Å². The molecule has 7 heteroatoms. The molecule has 0 aliphatic rings. The molecule has 2 atom stereocenters. The number of nitrogens with zero attached hydrogens (tertiary/aromatic N) is 1. The average Bonchev–Trinajstić information content (AvgIpc) is 2.83. The summed E-state index contributed by atoms with van der Waals surface area (Å²) in [5.74, 6) is -0.939. The highest BCUT2D eigenvalue weighted by atomic mass is 32.2. The first-order chi connectivity index (χ1) is 9.60. The summed E-state index contributed by atoms with van der Waals surface area (Å²) in [6.45, 7) is 9.38. The second kappa shape index (κ2) is 6.62. The van der Waals surface area contributed by atoms with Gasteiger partial charge in [-0.05, 0) is 32.8 Å². The largest absolute Gasteiger partial charge is 0.477 e. The molecule has 0 amide bonds. The Bertz CT molecular complexity index is 604. The molecule has 120 valence electrons. The van der Waals surface area contributed by atoms with Gasteiger partial charge in [-0.1, -0.05) is 20.3 Å². The van der Waals surface area contributed by atoms with E-state index in [-0.39, 0.29) is 28.6 Å². The number of aromatic carboxylic acids is 1. The minimum absolute atomic E-state index is 0.0104. The summed E-state index contributed by atoms with van der Waals surface area (Å²) in [6, 6.07) is 0.858. The Morgan fingerprint density at radius 3 is 2.29 bits per heavy atom. The first kappa shape index (κ1) is 17.7. The van der Waals surface area contributed by atoms with E-state index >= 15 is 0 Å². The van der Waals surface area contributed by atoms with Crippen molar-refractivity contribution in [1.29, 1.82) is 0 Å². The third kappa shape index (κ3) is 4.07. The number of carboxylic acids is 1. The highest BCUT2D eigenvalue weighted by molar-refractivity contribution is 7.89. The van der Waals surface area contributed by atoms with Crippen LogP contribution in [0.5, 0.6) is 0 Å². The number of hydrogen-bond donors (Lipinski definition) is 2. The number of sulfonamides is 1. The summed E-state index contributed by atoms with van der Waals surface area (Å²) in [4.78, 5) is 11.2. The van der Waals surface area contributed by atoms with E-state index in [9.17, 15) is 13.2 Å². The third-order valence-corrected chi connectivity index (χ3v) is 5.27. The maximum atomic E-state index is 12.4. The summed E-state index contributed by atoms with van der Waals surface area (Å²) >= 11 is 0. The van der Waals surface area contributed by atoms with Crippen LogP contribution in [-0.4, -0.2) is 30.1 Å². The minimum atomic E-state index is -3.72. The quantitative estimate of drug-likeness (QED) is 0.809. The van der Waals surface area contributed by atoms with E-state index in [2.05, 4.69) is 4.72 Å². The van der Waals surface area contributed by atoms with Crippen LogP contribution in [0, 0.1) is 5.92 Å². The maximum Gasteiger partial charge on any atom is 0.352 e. The standard InChI is InChI=1S/C14H24N2O4S/c1-6-10(4)11(5)15-21(19,20)12-7-13(14(17)18)16(8-12)9(2)3/h7-11,15H,6H2,1-5H3,(H,17,18). The van der Waals surface area contributed by atoms with Gasteiger partial charge in [-0.2, -0.15) is 0 Å². The Morgan fingerprint density at radius 1 is 1.33 bits per heavy atom. The molecule has 0 aliphatic carbocycles. The van der Waals surface area contributed by atoms with Gasteiger partial charge in [0, 0.05) is 18.3 Å². The Morgan fingerprint density at radius 2 is 1.90 bits per heavy atom. The van der Waals surface area contributed by atoms with Crippen molar-refractivity contribution >= 4 is 16.0 Å². The van der Waals surface area contributed by atoms with Crippen molar-refractivity contribution in [3.8, 4) is 0 Å². The molecule has 1 heterocycles. The Kier molecular flexibility index (Phi) is 5.58. The summed E-state index contributed by atoms with van der Waals surface area (Å²) in [7, 11) is -3.72. The lowest BCUT2D eigenvalue weighted by Gasteiger charge is -2.19. The van der Waals surface area contributed by atoms with Crippen LogP contribution in [0.25, 0.3) is 0 Å². The van der Waals surface area contributed by atoms with Crippen molar-refractivity contribution in [1.82, 2.24) is 9.29 Å². The first-order valence-corrected chi connectivity index (χ1v) is 8.56. The van der Waals surface area contributed by atoms with Gasteiger partial charge >= 0.3 is 5.97 Å². The second-order valence-electron chi connectivity index (χ2n) is 5.66. The smallest absolute Gasteiger partial charge is 0.352 e. The lowest BCUT2D eigenvalue weighted by atomic mass is 10.0. The van der Waals surface area contributed by atoms with Crippen LogP contribution in [0.3, 0.4) is 0 Å². The molecule has 0 saturated carbocycles. The zero-order valence-electron chi connectivity index (χ0n) is 13.1. The van der Waals surface area contributed by atoms with Gasteiger partial charge in [0.2, 0.25) is 10.0 Å². The van der Waals surface area contributed by atoms with Crippen molar-refractivity contribution in [2.75, 3.05) is 0 Å². The van der Waals surface area contributed by atoms with Gasteiger partial charge < -0.3 is 9.67 Å². The molecule has 6 nitrogen and oxygen atoms in total. The van der Waals surface area contributed by atoms with E-state index in [0.29, 0.717) is 0 Å². The molecule has 1 rings (SSSR count). The van der Waals surface area contributed by atoms with Crippen molar-refractivity contribution < 1.29 is 18.3 Å². The average molecular weight is 316 g/mol. The highest BCUT2D eigenvalue weighted by Gasteiger charge is 2.25. The van der Waals surface area contributed by atoms with E-state index in [1.807, 2.05) is 20.8 Å². The zero-order chi connectivity index (χ0) is 16.4. The van der Waals surface area contributed by atoms with Crippen LogP contribution in [0.4, 0.5) is 0 Å². The molecule has 0 aliphatic heterocycles. The fourth-order valence-electron chi connectivity index (χ4n) is 1.98. The lowest BCUT2D eigenvalue weighted by Crippen LogP contribution is -2.36. The normalized spacial score (nSPS) is 15.1. The first-order valence-electron chi connectivity index (χ1n) is 7.07. The molecule has 0 aromatic carbocycles. The van der Waals surface area contributed by atoms with Gasteiger partial charge in [-0.15, -0.1) is 0 Å². The molecule has 21 heavy (non-hydrogen) atoms. The molecule has 0 bridgehead atoms.